The second-order valence-corrected chi connectivity index (χ2v) is 6.81. The number of aromatic nitrogens is 2. The third kappa shape index (κ3) is 3.02. The predicted octanol–water partition coefficient (Wildman–Crippen LogP) is 2.84. The molecule has 20 heavy (non-hydrogen) atoms. The van der Waals surface area contributed by atoms with Crippen molar-refractivity contribution in [2.75, 3.05) is 18.9 Å². The van der Waals surface area contributed by atoms with Gasteiger partial charge in [0.25, 0.3) is 0 Å². The molecule has 0 atom stereocenters. The highest BCUT2D eigenvalue weighted by molar-refractivity contribution is 7.18. The van der Waals surface area contributed by atoms with Gasteiger partial charge in [-0.2, -0.15) is 0 Å². The molecule has 0 aliphatic rings. The summed E-state index contributed by atoms with van der Waals surface area (Å²) in [4.78, 5) is 22.2. The van der Waals surface area contributed by atoms with Gasteiger partial charge in [-0.25, -0.2) is 9.97 Å². The summed E-state index contributed by atoms with van der Waals surface area (Å²) in [6.45, 7) is 6.22. The molecule has 0 saturated carbocycles. The van der Waals surface area contributed by atoms with Gasteiger partial charge in [0.05, 0.1) is 10.8 Å². The number of hydrogen-bond donors (Lipinski definition) is 2. The molecule has 0 aromatic carbocycles. The number of amides is 1. The lowest BCUT2D eigenvalue weighted by molar-refractivity contribution is -0.128. The summed E-state index contributed by atoms with van der Waals surface area (Å²) in [7, 11) is 1.63. The molecule has 0 spiro atoms. The van der Waals surface area contributed by atoms with Gasteiger partial charge in [0.1, 0.15) is 10.6 Å². The van der Waals surface area contributed by atoms with Crippen LogP contribution in [0.2, 0.25) is 5.28 Å². The van der Waals surface area contributed by atoms with Crippen molar-refractivity contribution in [3.05, 3.63) is 16.2 Å². The summed E-state index contributed by atoms with van der Waals surface area (Å²) in [5, 5.41) is 7.01. The molecular weight excluding hydrogens is 296 g/mol. The van der Waals surface area contributed by atoms with E-state index in [0.717, 1.165) is 15.1 Å². The van der Waals surface area contributed by atoms with Crippen LogP contribution < -0.4 is 10.6 Å². The first-order valence-corrected chi connectivity index (χ1v) is 7.42. The van der Waals surface area contributed by atoms with E-state index in [9.17, 15) is 4.79 Å². The monoisotopic (exact) mass is 312 g/mol. The molecule has 0 unspecified atom stereocenters. The summed E-state index contributed by atoms with van der Waals surface area (Å²) in [5.74, 6) is 0.643. The molecule has 2 heterocycles. The molecule has 108 valence electrons. The molecule has 0 fully saturated rings. The minimum Gasteiger partial charge on any atom is -0.368 e. The second-order valence-electron chi connectivity index (χ2n) is 5.23. The Morgan fingerprint density at radius 2 is 2.15 bits per heavy atom. The summed E-state index contributed by atoms with van der Waals surface area (Å²) in [5.41, 5.74) is -0.538. The first kappa shape index (κ1) is 15.0. The molecule has 5 nitrogen and oxygen atoms in total. The predicted molar refractivity (Wildman–Crippen MR) is 83.5 cm³/mol. The first-order chi connectivity index (χ1) is 9.33. The molecule has 2 aromatic heterocycles. The van der Waals surface area contributed by atoms with Crippen molar-refractivity contribution in [3.63, 3.8) is 0 Å². The van der Waals surface area contributed by atoms with Crippen LogP contribution >= 0.6 is 22.9 Å². The van der Waals surface area contributed by atoms with Crippen molar-refractivity contribution in [1.29, 1.82) is 0 Å². The van der Waals surface area contributed by atoms with Crippen LogP contribution in [-0.2, 0) is 4.79 Å². The van der Waals surface area contributed by atoms with Crippen molar-refractivity contribution >= 4 is 44.9 Å². The zero-order valence-corrected chi connectivity index (χ0v) is 13.4. The Bertz CT molecular complexity index is 653. The molecule has 0 bridgehead atoms. The Hall–Kier alpha value is -1.40. The molecule has 1 amide bonds. The molecule has 2 rings (SSSR count). The number of nitrogens with one attached hydrogen (secondary N) is 2. The van der Waals surface area contributed by atoms with E-state index < -0.39 is 5.41 Å². The number of hydrogen-bond acceptors (Lipinski definition) is 5. The van der Waals surface area contributed by atoms with Gasteiger partial charge < -0.3 is 10.6 Å². The van der Waals surface area contributed by atoms with Crippen molar-refractivity contribution in [2.24, 2.45) is 5.41 Å². The third-order valence-electron chi connectivity index (χ3n) is 3.03. The van der Waals surface area contributed by atoms with Gasteiger partial charge >= 0.3 is 0 Å². The number of carbonyl (C=O) groups excluding carboxylic acids is 1. The average molecular weight is 313 g/mol. The molecule has 0 aliphatic carbocycles. The van der Waals surface area contributed by atoms with Gasteiger partial charge in [0, 0.05) is 18.5 Å². The minimum absolute atomic E-state index is 0.0251. The molecule has 0 aliphatic heterocycles. The number of anilines is 1. The number of carbonyl (C=O) groups is 1. The molecule has 7 heteroatoms. The Morgan fingerprint density at radius 3 is 2.80 bits per heavy atom. The maximum atomic E-state index is 11.8. The fourth-order valence-corrected chi connectivity index (χ4v) is 2.97. The first-order valence-electron chi connectivity index (χ1n) is 6.23. The zero-order valence-electron chi connectivity index (χ0n) is 11.9. The summed E-state index contributed by atoms with van der Waals surface area (Å²) in [6, 6.07) is 2.02. The number of nitrogens with zero attached hydrogens (tertiary/aromatic N) is 2. The van der Waals surface area contributed by atoms with Crippen molar-refractivity contribution in [2.45, 2.75) is 20.8 Å². The second kappa shape index (κ2) is 5.54. The van der Waals surface area contributed by atoms with Gasteiger partial charge in [-0.1, -0.05) is 0 Å². The molecule has 0 radical (unpaired) electrons. The summed E-state index contributed by atoms with van der Waals surface area (Å²) < 4.78 is 0. The molecule has 0 saturated heterocycles. The van der Waals surface area contributed by atoms with E-state index in [4.69, 9.17) is 11.6 Å². The van der Waals surface area contributed by atoms with Gasteiger partial charge in [-0.05, 0) is 38.4 Å². The third-order valence-corrected chi connectivity index (χ3v) is 4.14. The molecule has 2 aromatic rings. The van der Waals surface area contributed by atoms with E-state index in [-0.39, 0.29) is 11.2 Å². The fourth-order valence-electron chi connectivity index (χ4n) is 1.87. The van der Waals surface area contributed by atoms with Gasteiger partial charge in [-0.15, -0.1) is 11.3 Å². The lowest BCUT2D eigenvalue weighted by Crippen LogP contribution is -2.39. The summed E-state index contributed by atoms with van der Waals surface area (Å²) >= 11 is 7.51. The van der Waals surface area contributed by atoms with Crippen LogP contribution in [0.1, 0.15) is 18.7 Å². The fraction of sp³-hybridized carbons (Fsp3) is 0.462. The largest absolute Gasteiger partial charge is 0.368 e. The Kier molecular flexibility index (Phi) is 4.15. The quantitative estimate of drug-likeness (QED) is 0.852. The van der Waals surface area contributed by atoms with E-state index in [2.05, 4.69) is 20.6 Å². The maximum Gasteiger partial charge on any atom is 0.227 e. The van der Waals surface area contributed by atoms with Crippen molar-refractivity contribution < 1.29 is 4.79 Å². The summed E-state index contributed by atoms with van der Waals surface area (Å²) in [6.07, 6.45) is 0. The topological polar surface area (TPSA) is 66.9 Å². The highest BCUT2D eigenvalue weighted by atomic mass is 35.5. The average Bonchev–Trinajstić information content (AvgIpc) is 2.75. The Labute approximate surface area is 126 Å². The molecule has 2 N–H and O–H groups in total. The van der Waals surface area contributed by atoms with Crippen molar-refractivity contribution in [3.8, 4) is 0 Å². The highest BCUT2D eigenvalue weighted by Gasteiger charge is 2.26. The number of thiophene rings is 1. The van der Waals surface area contributed by atoms with E-state index in [1.54, 1.807) is 18.4 Å². The van der Waals surface area contributed by atoms with Crippen LogP contribution in [0.25, 0.3) is 10.2 Å². The van der Waals surface area contributed by atoms with E-state index >= 15 is 0 Å². The van der Waals surface area contributed by atoms with Crippen LogP contribution in [0, 0.1) is 12.3 Å². The van der Waals surface area contributed by atoms with E-state index in [1.165, 1.54) is 0 Å². The Balaban J connectivity index is 2.28. The smallest absolute Gasteiger partial charge is 0.227 e. The standard InChI is InChI=1S/C13H17ClN4OS/c1-7-5-8-9(17-12(14)18-10(8)20-7)16-6-13(2,3)11(19)15-4/h5H,6H2,1-4H3,(H,15,19)(H,16,17,18). The lowest BCUT2D eigenvalue weighted by Gasteiger charge is -2.23. The number of fused-ring (bicyclic) bond motifs is 1. The number of rotatable bonds is 4. The molecular formula is C13H17ClN4OS. The minimum atomic E-state index is -0.538. The van der Waals surface area contributed by atoms with Gasteiger partial charge in [0.15, 0.2) is 0 Å². The van der Waals surface area contributed by atoms with Crippen LogP contribution in [-0.4, -0.2) is 29.5 Å². The SMILES string of the molecule is CNC(=O)C(C)(C)CNc1nc(Cl)nc2sc(C)cc12. The normalized spacial score (nSPS) is 11.7. The van der Waals surface area contributed by atoms with Crippen LogP contribution in [0.5, 0.6) is 0 Å². The number of halogens is 1. The maximum absolute atomic E-state index is 11.8. The van der Waals surface area contributed by atoms with Crippen LogP contribution in [0.4, 0.5) is 5.82 Å². The van der Waals surface area contributed by atoms with Crippen LogP contribution in [0.3, 0.4) is 0 Å². The van der Waals surface area contributed by atoms with Crippen molar-refractivity contribution in [1.82, 2.24) is 15.3 Å². The van der Waals surface area contributed by atoms with E-state index in [1.807, 2.05) is 26.8 Å². The lowest BCUT2D eigenvalue weighted by atomic mass is 9.92. The zero-order chi connectivity index (χ0) is 14.9. The highest BCUT2D eigenvalue weighted by Crippen LogP contribution is 2.30. The van der Waals surface area contributed by atoms with Gasteiger partial charge in [-0.3, -0.25) is 4.79 Å². The van der Waals surface area contributed by atoms with Crippen LogP contribution in [0.15, 0.2) is 6.07 Å². The Morgan fingerprint density at radius 1 is 1.45 bits per heavy atom. The van der Waals surface area contributed by atoms with Gasteiger partial charge in [0.2, 0.25) is 11.2 Å². The number of aryl methyl sites for hydroxylation is 1. The van der Waals surface area contributed by atoms with E-state index in [0.29, 0.717) is 12.4 Å².